The molecule has 2 aliphatic heterocycles. The summed E-state index contributed by atoms with van der Waals surface area (Å²) in [5.41, 5.74) is 0.946. The van der Waals surface area contributed by atoms with Crippen LogP contribution in [-0.4, -0.2) is 28.6 Å². The lowest BCUT2D eigenvalue weighted by molar-refractivity contribution is -0.164. The summed E-state index contributed by atoms with van der Waals surface area (Å²) < 4.78 is 5.72. The highest BCUT2D eigenvalue weighted by Crippen LogP contribution is 2.61. The molecule has 3 nitrogen and oxygen atoms in total. The highest BCUT2D eigenvalue weighted by atomic mass is 16.6. The molecular weight excluding hydrogens is 286 g/mol. The number of carbonyl (C=O) groups excluding carboxylic acids is 1. The molecule has 2 atom stereocenters. The molecule has 1 saturated carbocycles. The first-order valence-corrected chi connectivity index (χ1v) is 8.85. The lowest BCUT2D eigenvalue weighted by Gasteiger charge is -2.45. The third kappa shape index (κ3) is 2.69. The Morgan fingerprint density at radius 3 is 2.43 bits per heavy atom. The second-order valence-corrected chi connectivity index (χ2v) is 8.17. The van der Waals surface area contributed by atoms with Crippen molar-refractivity contribution in [1.82, 2.24) is 4.90 Å². The van der Waals surface area contributed by atoms with Crippen molar-refractivity contribution in [2.24, 2.45) is 5.92 Å². The first kappa shape index (κ1) is 16.5. The molecule has 23 heavy (non-hydrogen) atoms. The van der Waals surface area contributed by atoms with Gasteiger partial charge in [-0.25, -0.2) is 0 Å². The van der Waals surface area contributed by atoms with Gasteiger partial charge in [0.25, 0.3) is 0 Å². The van der Waals surface area contributed by atoms with E-state index in [0.717, 1.165) is 19.3 Å². The highest BCUT2D eigenvalue weighted by Gasteiger charge is 2.63. The van der Waals surface area contributed by atoms with Crippen LogP contribution in [0.2, 0.25) is 0 Å². The van der Waals surface area contributed by atoms with Gasteiger partial charge in [-0.3, -0.25) is 9.69 Å². The molecule has 0 amide bonds. The number of hydrogen-bond acceptors (Lipinski definition) is 3. The molecule has 4 rings (SSSR count). The molecule has 0 spiro atoms. The molecule has 1 aliphatic carbocycles. The van der Waals surface area contributed by atoms with Crippen molar-refractivity contribution in [2.75, 3.05) is 0 Å². The summed E-state index contributed by atoms with van der Waals surface area (Å²) in [5.74, 6) is 0.626. The number of benzene rings is 1. The molecule has 2 saturated heterocycles. The third-order valence-corrected chi connectivity index (χ3v) is 5.53. The van der Waals surface area contributed by atoms with Crippen molar-refractivity contribution in [3.63, 3.8) is 0 Å². The van der Waals surface area contributed by atoms with E-state index in [-0.39, 0.29) is 17.6 Å². The zero-order valence-electron chi connectivity index (χ0n) is 15.0. The van der Waals surface area contributed by atoms with Gasteiger partial charge >= 0.3 is 5.97 Å². The molecule has 1 aromatic carbocycles. The number of hydrogen-bond donors (Lipinski definition) is 0. The molecule has 0 aromatic heterocycles. The molecule has 3 fully saturated rings. The number of carbonyl (C=O) groups is 1. The number of fused-ring (bicyclic) bond motifs is 1. The van der Waals surface area contributed by atoms with Crippen molar-refractivity contribution in [3.8, 4) is 0 Å². The molecule has 0 unspecified atom stereocenters. The Morgan fingerprint density at radius 2 is 1.91 bits per heavy atom. The smallest absolute Gasteiger partial charge is 0.323 e. The van der Waals surface area contributed by atoms with E-state index in [0.29, 0.717) is 12.0 Å². The van der Waals surface area contributed by atoms with Crippen LogP contribution in [0.1, 0.15) is 59.4 Å². The van der Waals surface area contributed by atoms with E-state index in [1.54, 1.807) is 0 Å². The molecule has 126 valence electrons. The molecule has 0 N–H and O–H groups in total. The summed E-state index contributed by atoms with van der Waals surface area (Å²) in [4.78, 5) is 15.3. The fourth-order valence-electron chi connectivity index (χ4n) is 4.54. The summed E-state index contributed by atoms with van der Waals surface area (Å²) in [6.07, 6.45) is 3.12. The molecule has 2 bridgehead atoms. The SMILES string of the molecule is CC[C@@H](C(=O)OC(C)(C)C)N1[C@@H](C)C2CC1(c1ccccc1)C2. The van der Waals surface area contributed by atoms with E-state index < -0.39 is 5.60 Å². The fraction of sp³-hybridized carbons (Fsp3) is 0.650. The average molecular weight is 315 g/mol. The van der Waals surface area contributed by atoms with Gasteiger partial charge in [-0.15, -0.1) is 0 Å². The molecule has 0 radical (unpaired) electrons. The van der Waals surface area contributed by atoms with Crippen LogP contribution >= 0.6 is 0 Å². The Balaban J connectivity index is 1.91. The maximum atomic E-state index is 12.8. The largest absolute Gasteiger partial charge is 0.459 e. The van der Waals surface area contributed by atoms with E-state index in [2.05, 4.69) is 49.1 Å². The average Bonchev–Trinajstić information content (AvgIpc) is 2.86. The number of rotatable bonds is 4. The quantitative estimate of drug-likeness (QED) is 0.783. The molecule has 1 aromatic rings. The Bertz CT molecular complexity index is 569. The second kappa shape index (κ2) is 5.62. The Hall–Kier alpha value is -1.35. The van der Waals surface area contributed by atoms with Gasteiger partial charge in [0.05, 0.1) is 0 Å². The van der Waals surface area contributed by atoms with Crippen LogP contribution in [-0.2, 0) is 15.1 Å². The zero-order valence-corrected chi connectivity index (χ0v) is 15.0. The van der Waals surface area contributed by atoms with E-state index in [9.17, 15) is 4.79 Å². The number of nitrogens with zero attached hydrogens (tertiary/aromatic N) is 1. The van der Waals surface area contributed by atoms with Gasteiger partial charge in [-0.05, 0) is 58.4 Å². The molecule has 3 heteroatoms. The van der Waals surface area contributed by atoms with Crippen LogP contribution in [0.3, 0.4) is 0 Å². The van der Waals surface area contributed by atoms with E-state index >= 15 is 0 Å². The number of esters is 1. The van der Waals surface area contributed by atoms with Gasteiger partial charge < -0.3 is 4.74 Å². The lowest BCUT2D eigenvalue weighted by Crippen LogP contribution is -2.52. The van der Waals surface area contributed by atoms with Crippen LogP contribution in [0, 0.1) is 5.92 Å². The predicted octanol–water partition coefficient (Wildman–Crippen LogP) is 4.12. The Morgan fingerprint density at radius 1 is 1.30 bits per heavy atom. The second-order valence-electron chi connectivity index (χ2n) is 8.17. The van der Waals surface area contributed by atoms with Crippen molar-refractivity contribution in [1.29, 1.82) is 0 Å². The highest BCUT2D eigenvalue weighted by molar-refractivity contribution is 5.76. The van der Waals surface area contributed by atoms with Gasteiger partial charge in [0.15, 0.2) is 0 Å². The summed E-state index contributed by atoms with van der Waals surface area (Å²) in [6.45, 7) is 10.2. The van der Waals surface area contributed by atoms with Crippen LogP contribution in [0.4, 0.5) is 0 Å². The van der Waals surface area contributed by atoms with Crippen LogP contribution in [0.15, 0.2) is 30.3 Å². The monoisotopic (exact) mass is 315 g/mol. The van der Waals surface area contributed by atoms with E-state index in [1.165, 1.54) is 5.56 Å². The Labute approximate surface area is 140 Å². The minimum atomic E-state index is -0.434. The predicted molar refractivity (Wildman–Crippen MR) is 92.1 cm³/mol. The molecular formula is C20H29NO2. The lowest BCUT2D eigenvalue weighted by atomic mass is 9.68. The normalized spacial score (nSPS) is 31.5. The van der Waals surface area contributed by atoms with E-state index in [1.807, 2.05) is 20.8 Å². The summed E-state index contributed by atoms with van der Waals surface area (Å²) in [6, 6.07) is 11.0. The van der Waals surface area contributed by atoms with Gasteiger partial charge in [0.2, 0.25) is 0 Å². The van der Waals surface area contributed by atoms with Crippen molar-refractivity contribution >= 4 is 5.97 Å². The zero-order chi connectivity index (χ0) is 16.8. The summed E-state index contributed by atoms with van der Waals surface area (Å²) in [7, 11) is 0. The standard InChI is InChI=1S/C20H29NO2/c1-6-17(18(22)23-19(3,4)5)21-14(2)15-12-20(21,13-15)16-10-8-7-9-11-16/h7-11,14-15,17H,6,12-13H2,1-5H3/t14-,15?,17-,20?/m0/s1. The van der Waals surface area contributed by atoms with Crippen molar-refractivity contribution in [3.05, 3.63) is 35.9 Å². The molecule has 2 heterocycles. The maximum absolute atomic E-state index is 12.8. The van der Waals surface area contributed by atoms with Gasteiger partial charge in [-0.1, -0.05) is 37.3 Å². The van der Waals surface area contributed by atoms with Crippen LogP contribution < -0.4 is 0 Å². The van der Waals surface area contributed by atoms with Gasteiger partial charge in [-0.2, -0.15) is 0 Å². The first-order valence-electron chi connectivity index (χ1n) is 8.85. The van der Waals surface area contributed by atoms with Gasteiger partial charge in [0, 0.05) is 11.6 Å². The topological polar surface area (TPSA) is 29.5 Å². The number of ether oxygens (including phenoxy) is 1. The van der Waals surface area contributed by atoms with E-state index in [4.69, 9.17) is 4.74 Å². The Kier molecular flexibility index (Phi) is 4.04. The van der Waals surface area contributed by atoms with Crippen molar-refractivity contribution in [2.45, 2.75) is 77.1 Å². The van der Waals surface area contributed by atoms with Crippen LogP contribution in [0.5, 0.6) is 0 Å². The maximum Gasteiger partial charge on any atom is 0.323 e. The summed E-state index contributed by atoms with van der Waals surface area (Å²) >= 11 is 0. The first-order chi connectivity index (χ1) is 10.8. The minimum absolute atomic E-state index is 0.0307. The fourth-order valence-corrected chi connectivity index (χ4v) is 4.54. The minimum Gasteiger partial charge on any atom is -0.459 e. The summed E-state index contributed by atoms with van der Waals surface area (Å²) in [5, 5.41) is 0. The van der Waals surface area contributed by atoms with Crippen molar-refractivity contribution < 1.29 is 9.53 Å². The molecule has 3 aliphatic rings. The third-order valence-electron chi connectivity index (χ3n) is 5.53. The van der Waals surface area contributed by atoms with Gasteiger partial charge in [0.1, 0.15) is 11.6 Å². The van der Waals surface area contributed by atoms with Crippen LogP contribution in [0.25, 0.3) is 0 Å².